The standard InChI is InChI=1S/C24H42NO12P.C6H15N/c1-6-7-8-9-10-11-12-13-14-33-38(30,31)37-24-21(25-16(2)26)23(35-19(5)29)22(34-18(4)28)20(36-24)15-32-17(3)27;1-4-7(5-2)6-3/h20-24H,6-15H2,1-5H3,(H,25,26)(H,30,31);4-6H2,1-3H3/t20-,21-,22-,23-,24?;/m1./s1. The van der Waals surface area contributed by atoms with E-state index in [1.165, 1.54) is 32.5 Å². The molecule has 6 atom stereocenters. The Morgan fingerprint density at radius 3 is 1.73 bits per heavy atom. The molecule has 1 aliphatic heterocycles. The van der Waals surface area contributed by atoms with Gasteiger partial charge in [-0.3, -0.25) is 28.3 Å². The highest BCUT2D eigenvalue weighted by Gasteiger charge is 2.52. The minimum atomic E-state index is -4.97. The van der Waals surface area contributed by atoms with E-state index in [1.807, 2.05) is 0 Å². The lowest BCUT2D eigenvalue weighted by Gasteiger charge is -2.45. The zero-order chi connectivity index (χ0) is 34.4. The summed E-state index contributed by atoms with van der Waals surface area (Å²) in [7, 11) is -4.97. The second-order valence-corrected chi connectivity index (χ2v) is 12.3. The molecule has 1 amide bonds. The number of esters is 3. The number of unbranched alkanes of at least 4 members (excludes halogenated alkanes) is 7. The predicted molar refractivity (Wildman–Crippen MR) is 164 cm³/mol. The Morgan fingerprint density at radius 1 is 0.778 bits per heavy atom. The Labute approximate surface area is 268 Å². The highest BCUT2D eigenvalue weighted by molar-refractivity contribution is 7.45. The minimum absolute atomic E-state index is 0.117. The summed E-state index contributed by atoms with van der Waals surface area (Å²) in [4.78, 5) is 61.2. The molecule has 1 heterocycles. The molecule has 15 heteroatoms. The lowest BCUT2D eigenvalue weighted by Crippen LogP contribution is -3.11. The Morgan fingerprint density at radius 2 is 1.29 bits per heavy atom. The van der Waals surface area contributed by atoms with Gasteiger partial charge in [0.05, 0.1) is 26.2 Å². The number of quaternary nitrogens is 1. The molecule has 0 aliphatic carbocycles. The maximum absolute atomic E-state index is 12.6. The lowest BCUT2D eigenvalue weighted by molar-refractivity contribution is -0.894. The van der Waals surface area contributed by atoms with E-state index in [0.717, 1.165) is 59.8 Å². The first-order chi connectivity index (χ1) is 21.2. The summed E-state index contributed by atoms with van der Waals surface area (Å²) in [5, 5.41) is 2.42. The van der Waals surface area contributed by atoms with Crippen LogP contribution in [-0.2, 0) is 51.7 Å². The van der Waals surface area contributed by atoms with Crippen molar-refractivity contribution in [2.75, 3.05) is 32.8 Å². The summed E-state index contributed by atoms with van der Waals surface area (Å²) < 4.78 is 43.9. The molecule has 1 rings (SSSR count). The Kier molecular flexibility index (Phi) is 23.0. The van der Waals surface area contributed by atoms with Gasteiger partial charge in [-0.2, -0.15) is 0 Å². The molecule has 0 aromatic heterocycles. The van der Waals surface area contributed by atoms with E-state index in [9.17, 15) is 28.6 Å². The molecule has 45 heavy (non-hydrogen) atoms. The third-order valence-electron chi connectivity index (χ3n) is 7.05. The number of amides is 1. The van der Waals surface area contributed by atoms with E-state index in [-0.39, 0.29) is 6.61 Å². The molecule has 1 saturated heterocycles. The van der Waals surface area contributed by atoms with Crippen molar-refractivity contribution in [1.29, 1.82) is 0 Å². The fourth-order valence-corrected chi connectivity index (χ4v) is 5.55. The van der Waals surface area contributed by atoms with Gasteiger partial charge in [0.25, 0.3) is 7.82 Å². The van der Waals surface area contributed by atoms with Crippen molar-refractivity contribution < 1.29 is 61.5 Å². The van der Waals surface area contributed by atoms with Gasteiger partial charge in [-0.1, -0.05) is 51.9 Å². The monoisotopic (exact) mass is 668 g/mol. The summed E-state index contributed by atoms with van der Waals surface area (Å²) in [5.41, 5.74) is 0. The molecule has 0 saturated carbocycles. The molecule has 0 aromatic rings. The van der Waals surface area contributed by atoms with E-state index < -0.39 is 68.9 Å². The summed E-state index contributed by atoms with van der Waals surface area (Å²) in [5.74, 6) is -2.92. The van der Waals surface area contributed by atoms with Crippen LogP contribution in [0.25, 0.3) is 0 Å². The van der Waals surface area contributed by atoms with Crippen molar-refractivity contribution in [3.63, 3.8) is 0 Å². The van der Waals surface area contributed by atoms with Crippen molar-refractivity contribution in [1.82, 2.24) is 5.32 Å². The van der Waals surface area contributed by atoms with Gasteiger partial charge >= 0.3 is 17.9 Å². The van der Waals surface area contributed by atoms with Crippen LogP contribution >= 0.6 is 7.82 Å². The van der Waals surface area contributed by atoms with Gasteiger partial charge in [0, 0.05) is 27.7 Å². The van der Waals surface area contributed by atoms with Crippen LogP contribution in [0.5, 0.6) is 0 Å². The number of carbonyl (C=O) groups excluding carboxylic acids is 4. The smallest absolute Gasteiger partial charge is 0.303 e. The number of ether oxygens (including phenoxy) is 4. The normalized spacial score (nSPS) is 22.4. The second-order valence-electron chi connectivity index (χ2n) is 10.9. The Balaban J connectivity index is 0.00000246. The van der Waals surface area contributed by atoms with Gasteiger partial charge in [0.15, 0.2) is 18.5 Å². The second kappa shape index (κ2) is 24.1. The van der Waals surface area contributed by atoms with E-state index in [0.29, 0.717) is 6.42 Å². The average molecular weight is 669 g/mol. The van der Waals surface area contributed by atoms with E-state index >= 15 is 0 Å². The fraction of sp³-hybridized carbons (Fsp3) is 0.867. The van der Waals surface area contributed by atoms with E-state index in [2.05, 4.69) is 33.0 Å². The quantitative estimate of drug-likeness (QED) is 0.0837. The molecule has 0 bridgehead atoms. The first-order valence-corrected chi connectivity index (χ1v) is 17.5. The molecule has 264 valence electrons. The van der Waals surface area contributed by atoms with Gasteiger partial charge in [-0.05, 0) is 27.2 Å². The summed E-state index contributed by atoms with van der Waals surface area (Å²) in [6, 6.07) is -1.41. The summed E-state index contributed by atoms with van der Waals surface area (Å²) in [6.45, 7) is 16.5. The topological polar surface area (TPSA) is 180 Å². The number of hydrogen-bond acceptors (Lipinski definition) is 12. The predicted octanol–water partition coefficient (Wildman–Crippen LogP) is 2.22. The van der Waals surface area contributed by atoms with Crippen molar-refractivity contribution >= 4 is 31.6 Å². The number of carbonyl (C=O) groups is 4. The molecule has 2 N–H and O–H groups in total. The van der Waals surface area contributed by atoms with Gasteiger partial charge in [0.2, 0.25) is 5.91 Å². The highest BCUT2D eigenvalue weighted by atomic mass is 31.2. The number of hydrogen-bond donors (Lipinski definition) is 2. The summed E-state index contributed by atoms with van der Waals surface area (Å²) in [6.07, 6.45) is 2.11. The first-order valence-electron chi connectivity index (χ1n) is 16.1. The first kappa shape index (κ1) is 42.9. The fourth-order valence-electron chi connectivity index (χ4n) is 4.70. The number of nitrogens with one attached hydrogen (secondary N) is 2. The van der Waals surface area contributed by atoms with Gasteiger partial charge < -0.3 is 38.6 Å². The molecule has 2 unspecified atom stereocenters. The molecular weight excluding hydrogens is 611 g/mol. The van der Waals surface area contributed by atoms with Crippen molar-refractivity contribution in [2.45, 2.75) is 137 Å². The molecule has 0 radical (unpaired) electrons. The van der Waals surface area contributed by atoms with Crippen LogP contribution in [-0.4, -0.2) is 87.3 Å². The van der Waals surface area contributed by atoms with Crippen LogP contribution in [0.2, 0.25) is 0 Å². The van der Waals surface area contributed by atoms with E-state index in [4.69, 9.17) is 28.0 Å². The minimum Gasteiger partial charge on any atom is -0.756 e. The number of rotatable bonds is 20. The maximum atomic E-state index is 12.6. The van der Waals surface area contributed by atoms with Gasteiger partial charge in [0.1, 0.15) is 18.8 Å². The van der Waals surface area contributed by atoms with Crippen LogP contribution in [0, 0.1) is 0 Å². The SMILES string of the molecule is CCCCCCCCCCOP(=O)([O-])OC1O[C@H](COC(C)=O)[C@@H](OC(C)=O)[C@H](OC(C)=O)[C@H]1NC(C)=O.CC[NH+](CC)CC. The average Bonchev–Trinajstić information content (AvgIpc) is 2.94. The molecule has 14 nitrogen and oxygen atoms in total. The Hall–Kier alpha value is -2.09. The van der Waals surface area contributed by atoms with Crippen molar-refractivity contribution in [3.05, 3.63) is 0 Å². The molecule has 1 fully saturated rings. The van der Waals surface area contributed by atoms with Crippen LogP contribution in [0.1, 0.15) is 107 Å². The van der Waals surface area contributed by atoms with Crippen LogP contribution in [0.15, 0.2) is 0 Å². The largest absolute Gasteiger partial charge is 0.756 e. The van der Waals surface area contributed by atoms with Crippen molar-refractivity contribution in [3.8, 4) is 0 Å². The lowest BCUT2D eigenvalue weighted by atomic mass is 9.96. The maximum Gasteiger partial charge on any atom is 0.303 e. The van der Waals surface area contributed by atoms with Gasteiger partial charge in [-0.25, -0.2) is 0 Å². The van der Waals surface area contributed by atoms with E-state index in [1.54, 1.807) is 4.90 Å². The highest BCUT2D eigenvalue weighted by Crippen LogP contribution is 2.43. The zero-order valence-electron chi connectivity index (χ0n) is 28.4. The van der Waals surface area contributed by atoms with Crippen molar-refractivity contribution in [2.24, 2.45) is 0 Å². The molecule has 1 aliphatic rings. The molecule has 0 spiro atoms. The van der Waals surface area contributed by atoms with Crippen LogP contribution in [0.3, 0.4) is 0 Å². The molecule has 0 aromatic carbocycles. The number of phosphoric acid groups is 1. The van der Waals surface area contributed by atoms with Gasteiger partial charge in [-0.15, -0.1) is 0 Å². The Bertz CT molecular complexity index is 912. The van der Waals surface area contributed by atoms with Crippen LogP contribution < -0.4 is 15.1 Å². The summed E-state index contributed by atoms with van der Waals surface area (Å²) >= 11 is 0. The third kappa shape index (κ3) is 19.9. The molecular formula is C30H57N2O12P. The zero-order valence-corrected chi connectivity index (χ0v) is 29.3. The van der Waals surface area contributed by atoms with Crippen LogP contribution in [0.4, 0.5) is 0 Å². The third-order valence-corrected chi connectivity index (χ3v) is 8.02. The number of phosphoric ester groups is 1.